The van der Waals surface area contributed by atoms with Gasteiger partial charge in [0.25, 0.3) is 0 Å². The molecule has 4 nitrogen and oxygen atoms in total. The van der Waals surface area contributed by atoms with Crippen molar-refractivity contribution in [3.63, 3.8) is 0 Å². The Morgan fingerprint density at radius 3 is 2.42 bits per heavy atom. The highest BCUT2D eigenvalue weighted by Crippen LogP contribution is 2.41. The third-order valence-corrected chi connectivity index (χ3v) is 3.66. The molecule has 0 aromatic rings. The Kier molecular flexibility index (Phi) is 6.27. The van der Waals surface area contributed by atoms with E-state index in [2.05, 4.69) is 33.0 Å². The molecule has 4 heteroatoms. The van der Waals surface area contributed by atoms with Crippen LogP contribution in [0.3, 0.4) is 0 Å². The number of nitrogens with one attached hydrogen (secondary N) is 1. The molecule has 0 radical (unpaired) electrons. The molecule has 0 aromatic heterocycles. The fourth-order valence-electron chi connectivity index (χ4n) is 2.60. The Labute approximate surface area is 117 Å². The summed E-state index contributed by atoms with van der Waals surface area (Å²) in [6, 6.07) is 0.227. The summed E-state index contributed by atoms with van der Waals surface area (Å²) in [5.41, 5.74) is -0.662. The van der Waals surface area contributed by atoms with E-state index < -0.39 is 5.54 Å². The lowest BCUT2D eigenvalue weighted by Crippen LogP contribution is -2.60. The number of hydrogen-bond acceptors (Lipinski definition) is 4. The molecule has 1 rings (SSSR count). The van der Waals surface area contributed by atoms with E-state index >= 15 is 0 Å². The maximum absolute atomic E-state index is 12.3. The molecule has 0 bridgehead atoms. The minimum atomic E-state index is -0.662. The quantitative estimate of drug-likeness (QED) is 0.655. The average Bonchev–Trinajstić information content (AvgIpc) is 3.18. The molecule has 112 valence electrons. The first-order chi connectivity index (χ1) is 8.96. The predicted molar refractivity (Wildman–Crippen MR) is 76.1 cm³/mol. The van der Waals surface area contributed by atoms with Crippen molar-refractivity contribution < 1.29 is 14.3 Å². The van der Waals surface area contributed by atoms with Gasteiger partial charge in [0.1, 0.15) is 5.54 Å². The van der Waals surface area contributed by atoms with Crippen LogP contribution in [0.1, 0.15) is 53.4 Å². The van der Waals surface area contributed by atoms with Crippen molar-refractivity contribution in [3.8, 4) is 0 Å². The first kappa shape index (κ1) is 16.4. The summed E-state index contributed by atoms with van der Waals surface area (Å²) in [6.07, 6.45) is 4.43. The summed E-state index contributed by atoms with van der Waals surface area (Å²) in [4.78, 5) is 12.3. The summed E-state index contributed by atoms with van der Waals surface area (Å²) in [6.45, 7) is 8.71. The van der Waals surface area contributed by atoms with Gasteiger partial charge in [0.05, 0.1) is 19.8 Å². The second-order valence-corrected chi connectivity index (χ2v) is 5.95. The molecule has 19 heavy (non-hydrogen) atoms. The molecule has 2 unspecified atom stereocenters. The zero-order valence-corrected chi connectivity index (χ0v) is 13.0. The van der Waals surface area contributed by atoms with Gasteiger partial charge in [0.15, 0.2) is 0 Å². The minimum Gasteiger partial charge on any atom is -0.468 e. The minimum absolute atomic E-state index is 0.182. The Bertz CT molecular complexity index is 289. The van der Waals surface area contributed by atoms with Gasteiger partial charge in [-0.1, -0.05) is 13.3 Å². The normalized spacial score (nSPS) is 20.1. The summed E-state index contributed by atoms with van der Waals surface area (Å²) in [5.74, 6) is 0.156. The van der Waals surface area contributed by atoms with Crippen LogP contribution in [0.5, 0.6) is 0 Å². The molecule has 1 N–H and O–H groups in total. The molecule has 1 saturated carbocycles. The number of rotatable bonds is 9. The van der Waals surface area contributed by atoms with Crippen LogP contribution in [0.4, 0.5) is 0 Å². The van der Waals surface area contributed by atoms with Crippen molar-refractivity contribution in [3.05, 3.63) is 0 Å². The number of hydrogen-bond donors (Lipinski definition) is 1. The molecule has 0 heterocycles. The van der Waals surface area contributed by atoms with Crippen molar-refractivity contribution >= 4 is 5.97 Å². The van der Waals surface area contributed by atoms with Gasteiger partial charge in [-0.05, 0) is 46.0 Å². The average molecular weight is 271 g/mol. The second kappa shape index (κ2) is 7.25. The van der Waals surface area contributed by atoms with E-state index in [0.717, 1.165) is 25.7 Å². The van der Waals surface area contributed by atoms with Crippen LogP contribution in [0.15, 0.2) is 0 Å². The Morgan fingerprint density at radius 1 is 1.37 bits per heavy atom. The fourth-order valence-corrected chi connectivity index (χ4v) is 2.60. The molecule has 0 aromatic carbocycles. The van der Waals surface area contributed by atoms with Crippen LogP contribution in [0.25, 0.3) is 0 Å². The Hall–Kier alpha value is -0.610. The maximum Gasteiger partial charge on any atom is 0.328 e. The van der Waals surface area contributed by atoms with Crippen LogP contribution in [0, 0.1) is 5.92 Å². The molecule has 2 atom stereocenters. The van der Waals surface area contributed by atoms with Crippen molar-refractivity contribution in [1.82, 2.24) is 5.32 Å². The number of methoxy groups -OCH3 is 1. The Morgan fingerprint density at radius 2 is 2.00 bits per heavy atom. The summed E-state index contributed by atoms with van der Waals surface area (Å²) >= 11 is 0. The van der Waals surface area contributed by atoms with Crippen LogP contribution in [-0.2, 0) is 14.3 Å². The van der Waals surface area contributed by atoms with E-state index in [1.807, 2.05) is 0 Å². The van der Waals surface area contributed by atoms with Crippen molar-refractivity contribution in [2.24, 2.45) is 5.92 Å². The molecule has 0 spiro atoms. The highest BCUT2D eigenvalue weighted by atomic mass is 16.5. The van der Waals surface area contributed by atoms with Gasteiger partial charge in [-0.2, -0.15) is 0 Å². The van der Waals surface area contributed by atoms with Crippen molar-refractivity contribution in [2.45, 2.75) is 71.1 Å². The molecular formula is C15H29NO3. The largest absolute Gasteiger partial charge is 0.468 e. The highest BCUT2D eigenvalue weighted by molar-refractivity contribution is 5.82. The summed E-state index contributed by atoms with van der Waals surface area (Å²) in [7, 11) is 1.46. The monoisotopic (exact) mass is 271 g/mol. The van der Waals surface area contributed by atoms with Gasteiger partial charge >= 0.3 is 5.97 Å². The zero-order valence-electron chi connectivity index (χ0n) is 13.0. The molecule has 0 aliphatic heterocycles. The molecule has 1 aliphatic carbocycles. The fraction of sp³-hybridized carbons (Fsp3) is 0.933. The molecule has 1 aliphatic rings. The topological polar surface area (TPSA) is 47.6 Å². The maximum atomic E-state index is 12.3. The molecule has 1 fully saturated rings. The van der Waals surface area contributed by atoms with Gasteiger partial charge in [0.2, 0.25) is 0 Å². The first-order valence-electron chi connectivity index (χ1n) is 7.44. The van der Waals surface area contributed by atoms with E-state index in [1.165, 1.54) is 7.11 Å². The third kappa shape index (κ3) is 4.46. The molecule has 0 saturated heterocycles. The predicted octanol–water partition coefficient (Wildman–Crippen LogP) is 2.51. The van der Waals surface area contributed by atoms with E-state index in [-0.39, 0.29) is 18.1 Å². The van der Waals surface area contributed by atoms with E-state index in [0.29, 0.717) is 12.5 Å². The standard InChI is InChI=1S/C15H29NO3/c1-6-7-12(4)19-10-15(13-8-9-13,14(17)18-5)16-11(2)3/h11-13,16H,6-10H2,1-5H3. The highest BCUT2D eigenvalue weighted by Gasteiger charge is 2.52. The second-order valence-electron chi connectivity index (χ2n) is 5.95. The van der Waals surface area contributed by atoms with Gasteiger partial charge in [-0.3, -0.25) is 5.32 Å². The zero-order chi connectivity index (χ0) is 14.5. The SMILES string of the molecule is CCCC(C)OCC(NC(C)C)(C(=O)OC)C1CC1. The number of carbonyl (C=O) groups is 1. The summed E-state index contributed by atoms with van der Waals surface area (Å²) in [5, 5.41) is 3.40. The lowest BCUT2D eigenvalue weighted by Gasteiger charge is -2.35. The summed E-state index contributed by atoms with van der Waals surface area (Å²) < 4.78 is 10.9. The van der Waals surface area contributed by atoms with E-state index in [1.54, 1.807) is 0 Å². The third-order valence-electron chi connectivity index (χ3n) is 3.66. The van der Waals surface area contributed by atoms with Crippen molar-refractivity contribution in [2.75, 3.05) is 13.7 Å². The van der Waals surface area contributed by atoms with E-state index in [9.17, 15) is 4.79 Å². The lowest BCUT2D eigenvalue weighted by molar-refractivity contribution is -0.154. The van der Waals surface area contributed by atoms with Gasteiger partial charge < -0.3 is 9.47 Å². The van der Waals surface area contributed by atoms with Crippen LogP contribution < -0.4 is 5.32 Å². The Balaban J connectivity index is 2.74. The van der Waals surface area contributed by atoms with Crippen LogP contribution in [0.2, 0.25) is 0 Å². The number of ether oxygens (including phenoxy) is 2. The van der Waals surface area contributed by atoms with Gasteiger partial charge in [0, 0.05) is 6.04 Å². The number of esters is 1. The van der Waals surface area contributed by atoms with E-state index in [4.69, 9.17) is 9.47 Å². The van der Waals surface area contributed by atoms with Gasteiger partial charge in [-0.15, -0.1) is 0 Å². The van der Waals surface area contributed by atoms with Crippen LogP contribution in [-0.4, -0.2) is 37.4 Å². The van der Waals surface area contributed by atoms with Crippen molar-refractivity contribution in [1.29, 1.82) is 0 Å². The molecule has 0 amide bonds. The lowest BCUT2D eigenvalue weighted by atomic mass is 9.93. The van der Waals surface area contributed by atoms with Crippen LogP contribution >= 0.6 is 0 Å². The molecular weight excluding hydrogens is 242 g/mol. The number of carbonyl (C=O) groups excluding carboxylic acids is 1. The van der Waals surface area contributed by atoms with Gasteiger partial charge in [-0.25, -0.2) is 4.79 Å². The smallest absolute Gasteiger partial charge is 0.328 e. The first-order valence-corrected chi connectivity index (χ1v) is 7.44.